The summed E-state index contributed by atoms with van der Waals surface area (Å²) in [6, 6.07) is 8.80. The molecule has 0 aliphatic heterocycles. The quantitative estimate of drug-likeness (QED) is 0.786. The molecule has 1 aromatic carbocycles. The van der Waals surface area contributed by atoms with Crippen molar-refractivity contribution in [2.24, 2.45) is 0 Å². The standard InChI is InChI=1S/C12H11ClFN3/c1-17(12-6-11(14)15-8-16-12)7-9-2-4-10(13)5-3-9/h2-6,8H,7H2,1H3. The molecule has 0 bridgehead atoms. The van der Waals surface area contributed by atoms with E-state index >= 15 is 0 Å². The van der Waals surface area contributed by atoms with Gasteiger partial charge in [0.1, 0.15) is 12.1 Å². The normalized spacial score (nSPS) is 10.3. The summed E-state index contributed by atoms with van der Waals surface area (Å²) in [6.07, 6.45) is 1.21. The zero-order valence-corrected chi connectivity index (χ0v) is 10.0. The van der Waals surface area contributed by atoms with Crippen LogP contribution in [0, 0.1) is 5.95 Å². The molecule has 0 amide bonds. The van der Waals surface area contributed by atoms with Crippen LogP contribution in [-0.4, -0.2) is 17.0 Å². The second-order valence-electron chi connectivity index (χ2n) is 3.68. The van der Waals surface area contributed by atoms with Crippen molar-refractivity contribution in [1.29, 1.82) is 0 Å². The van der Waals surface area contributed by atoms with E-state index < -0.39 is 5.95 Å². The van der Waals surface area contributed by atoms with E-state index in [0.717, 1.165) is 5.56 Å². The van der Waals surface area contributed by atoms with Crippen LogP contribution >= 0.6 is 11.6 Å². The van der Waals surface area contributed by atoms with Gasteiger partial charge in [-0.15, -0.1) is 0 Å². The average molecular weight is 252 g/mol. The fraction of sp³-hybridized carbons (Fsp3) is 0.167. The summed E-state index contributed by atoms with van der Waals surface area (Å²) in [7, 11) is 1.84. The van der Waals surface area contributed by atoms with Gasteiger partial charge in [-0.2, -0.15) is 4.39 Å². The third kappa shape index (κ3) is 3.14. The molecule has 0 saturated heterocycles. The van der Waals surface area contributed by atoms with Crippen LogP contribution in [0.15, 0.2) is 36.7 Å². The van der Waals surface area contributed by atoms with Gasteiger partial charge in [-0.05, 0) is 17.7 Å². The molecule has 0 unspecified atom stereocenters. The topological polar surface area (TPSA) is 29.0 Å². The van der Waals surface area contributed by atoms with Gasteiger partial charge in [0, 0.05) is 24.7 Å². The van der Waals surface area contributed by atoms with Crippen molar-refractivity contribution in [2.45, 2.75) is 6.54 Å². The van der Waals surface area contributed by atoms with Crippen LogP contribution in [0.3, 0.4) is 0 Å². The SMILES string of the molecule is CN(Cc1ccc(Cl)cc1)c1cc(F)ncn1. The third-order valence-corrected chi connectivity index (χ3v) is 2.60. The Balaban J connectivity index is 2.11. The Morgan fingerprint density at radius 1 is 1.24 bits per heavy atom. The maximum absolute atomic E-state index is 12.9. The van der Waals surface area contributed by atoms with E-state index in [-0.39, 0.29) is 0 Å². The second kappa shape index (κ2) is 5.10. The van der Waals surface area contributed by atoms with Crippen molar-refractivity contribution >= 4 is 17.4 Å². The minimum atomic E-state index is -0.530. The first-order valence-electron chi connectivity index (χ1n) is 5.08. The summed E-state index contributed by atoms with van der Waals surface area (Å²) in [6.45, 7) is 0.633. The molecule has 0 aliphatic rings. The number of hydrogen-bond donors (Lipinski definition) is 0. The number of anilines is 1. The van der Waals surface area contributed by atoms with Crippen molar-refractivity contribution in [2.75, 3.05) is 11.9 Å². The number of rotatable bonds is 3. The van der Waals surface area contributed by atoms with Crippen molar-refractivity contribution in [3.63, 3.8) is 0 Å². The summed E-state index contributed by atoms with van der Waals surface area (Å²) in [5.41, 5.74) is 1.08. The van der Waals surface area contributed by atoms with Crippen molar-refractivity contribution in [1.82, 2.24) is 9.97 Å². The molecule has 1 aromatic heterocycles. The number of benzene rings is 1. The number of aromatic nitrogens is 2. The predicted molar refractivity (Wildman–Crippen MR) is 65.5 cm³/mol. The van der Waals surface area contributed by atoms with Gasteiger partial charge < -0.3 is 4.90 Å². The van der Waals surface area contributed by atoms with Crippen LogP contribution in [-0.2, 0) is 6.54 Å². The average Bonchev–Trinajstić information content (AvgIpc) is 2.32. The molecule has 0 aliphatic carbocycles. The highest BCUT2D eigenvalue weighted by Crippen LogP contribution is 2.14. The lowest BCUT2D eigenvalue weighted by Crippen LogP contribution is -2.17. The lowest BCUT2D eigenvalue weighted by molar-refractivity contribution is 0.578. The molecule has 0 radical (unpaired) electrons. The molecule has 0 saturated carbocycles. The number of halogens is 2. The van der Waals surface area contributed by atoms with Crippen molar-refractivity contribution in [3.05, 3.63) is 53.2 Å². The monoisotopic (exact) mass is 251 g/mol. The van der Waals surface area contributed by atoms with Gasteiger partial charge in [-0.3, -0.25) is 0 Å². The Morgan fingerprint density at radius 3 is 2.59 bits per heavy atom. The van der Waals surface area contributed by atoms with Crippen LogP contribution in [0.1, 0.15) is 5.56 Å². The summed E-state index contributed by atoms with van der Waals surface area (Å²) in [5.74, 6) is 0.0189. The third-order valence-electron chi connectivity index (χ3n) is 2.34. The summed E-state index contributed by atoms with van der Waals surface area (Å²) < 4.78 is 12.9. The molecule has 0 atom stereocenters. The highest BCUT2D eigenvalue weighted by molar-refractivity contribution is 6.30. The van der Waals surface area contributed by atoms with E-state index in [9.17, 15) is 4.39 Å². The zero-order valence-electron chi connectivity index (χ0n) is 9.27. The van der Waals surface area contributed by atoms with Gasteiger partial charge in [-0.25, -0.2) is 9.97 Å². The van der Waals surface area contributed by atoms with Gasteiger partial charge in [0.15, 0.2) is 0 Å². The van der Waals surface area contributed by atoms with E-state index in [1.54, 1.807) is 0 Å². The molecule has 0 spiro atoms. The molecule has 5 heteroatoms. The van der Waals surface area contributed by atoms with Crippen molar-refractivity contribution in [3.8, 4) is 0 Å². The molecular formula is C12H11ClFN3. The Labute approximate surface area is 104 Å². The maximum atomic E-state index is 12.9. The lowest BCUT2D eigenvalue weighted by Gasteiger charge is -2.17. The first kappa shape index (κ1) is 11.8. The summed E-state index contributed by atoms with van der Waals surface area (Å²) in [4.78, 5) is 9.26. The lowest BCUT2D eigenvalue weighted by atomic mass is 10.2. The molecular weight excluding hydrogens is 241 g/mol. The van der Waals surface area contributed by atoms with Gasteiger partial charge >= 0.3 is 0 Å². The molecule has 2 aromatic rings. The fourth-order valence-electron chi connectivity index (χ4n) is 1.48. The van der Waals surface area contributed by atoms with Crippen LogP contribution in [0.2, 0.25) is 5.02 Å². The van der Waals surface area contributed by atoms with E-state index in [2.05, 4.69) is 9.97 Å². The minimum Gasteiger partial charge on any atom is -0.355 e. The Hall–Kier alpha value is -1.68. The minimum absolute atomic E-state index is 0.530. The van der Waals surface area contributed by atoms with Crippen molar-refractivity contribution < 1.29 is 4.39 Å². The van der Waals surface area contributed by atoms with Gasteiger partial charge in [0.05, 0.1) is 0 Å². The Morgan fingerprint density at radius 2 is 1.94 bits per heavy atom. The molecule has 88 valence electrons. The van der Waals surface area contributed by atoms with E-state index in [1.165, 1.54) is 12.4 Å². The Bertz CT molecular complexity index is 501. The van der Waals surface area contributed by atoms with Gasteiger partial charge in [-0.1, -0.05) is 23.7 Å². The van der Waals surface area contributed by atoms with Crippen LogP contribution < -0.4 is 4.90 Å². The highest BCUT2D eigenvalue weighted by Gasteiger charge is 2.05. The predicted octanol–water partition coefficient (Wildman–Crippen LogP) is 2.91. The van der Waals surface area contributed by atoms with Crippen LogP contribution in [0.25, 0.3) is 0 Å². The molecule has 1 heterocycles. The van der Waals surface area contributed by atoms with E-state index in [1.807, 2.05) is 36.2 Å². The summed E-state index contributed by atoms with van der Waals surface area (Å²) in [5, 5.41) is 0.699. The second-order valence-corrected chi connectivity index (χ2v) is 4.12. The largest absolute Gasteiger partial charge is 0.355 e. The van der Waals surface area contributed by atoms with E-state index in [0.29, 0.717) is 17.4 Å². The fourth-order valence-corrected chi connectivity index (χ4v) is 1.60. The highest BCUT2D eigenvalue weighted by atomic mass is 35.5. The maximum Gasteiger partial charge on any atom is 0.218 e. The van der Waals surface area contributed by atoms with Crippen LogP contribution in [0.5, 0.6) is 0 Å². The molecule has 0 N–H and O–H groups in total. The molecule has 2 rings (SSSR count). The summed E-state index contributed by atoms with van der Waals surface area (Å²) >= 11 is 5.80. The zero-order chi connectivity index (χ0) is 12.3. The number of nitrogens with zero attached hydrogens (tertiary/aromatic N) is 3. The molecule has 17 heavy (non-hydrogen) atoms. The van der Waals surface area contributed by atoms with Crippen LogP contribution in [0.4, 0.5) is 10.2 Å². The molecule has 3 nitrogen and oxygen atoms in total. The smallest absolute Gasteiger partial charge is 0.218 e. The van der Waals surface area contributed by atoms with E-state index in [4.69, 9.17) is 11.6 Å². The Kier molecular flexibility index (Phi) is 3.54. The molecule has 0 fully saturated rings. The first-order chi connectivity index (χ1) is 8.15. The number of hydrogen-bond acceptors (Lipinski definition) is 3. The van der Waals surface area contributed by atoms with Gasteiger partial charge in [0.2, 0.25) is 5.95 Å². The van der Waals surface area contributed by atoms with Gasteiger partial charge in [0.25, 0.3) is 0 Å². The first-order valence-corrected chi connectivity index (χ1v) is 5.46.